The first kappa shape index (κ1) is 5.95. The van der Waals surface area contributed by atoms with Crippen molar-refractivity contribution < 1.29 is 0 Å². The molecule has 7 heavy (non-hydrogen) atoms. The molecule has 0 aromatic rings. The van der Waals surface area contributed by atoms with Gasteiger partial charge in [-0.25, -0.2) is 0 Å². The van der Waals surface area contributed by atoms with E-state index in [1.165, 1.54) is 6.42 Å². The van der Waals surface area contributed by atoms with Gasteiger partial charge in [0.15, 0.2) is 0 Å². The van der Waals surface area contributed by atoms with E-state index in [0.29, 0.717) is 0 Å². The molecular formula is C6H13Sb. The molecule has 0 saturated carbocycles. The molecule has 1 fully saturated rings. The second-order valence-electron chi connectivity index (χ2n) is 2.36. The van der Waals surface area contributed by atoms with Crippen molar-refractivity contribution >= 4 is 20.2 Å². The fraction of sp³-hybridized carbons (Fsp3) is 1.00. The Hall–Kier alpha value is 0.818. The maximum atomic E-state index is 2.54. The summed E-state index contributed by atoms with van der Waals surface area (Å²) in [6.45, 7) is 0. The third kappa shape index (κ3) is 2.04. The van der Waals surface area contributed by atoms with E-state index in [-0.39, 0.29) is 0 Å². The Labute approximate surface area is 53.3 Å². The fourth-order valence-corrected chi connectivity index (χ4v) is 6.05. The summed E-state index contributed by atoms with van der Waals surface area (Å²) < 4.78 is 3.34. The molecule has 0 amide bonds. The summed E-state index contributed by atoms with van der Waals surface area (Å²) in [5, 5.41) is 0. The van der Waals surface area contributed by atoms with Crippen LogP contribution in [0.25, 0.3) is 0 Å². The second-order valence-corrected chi connectivity index (χ2v) is 9.80. The van der Waals surface area contributed by atoms with Crippen LogP contribution in [0.3, 0.4) is 0 Å². The zero-order valence-electron chi connectivity index (χ0n) is 4.98. The molecular weight excluding hydrogens is 194 g/mol. The molecule has 1 saturated heterocycles. The van der Waals surface area contributed by atoms with Crippen LogP contribution in [0.2, 0.25) is 13.6 Å². The quantitative estimate of drug-likeness (QED) is 0.534. The van der Waals surface area contributed by atoms with Gasteiger partial charge in [-0.3, -0.25) is 0 Å². The molecule has 1 heterocycles. The number of hydrogen-bond acceptors (Lipinski definition) is 0. The topological polar surface area (TPSA) is 0 Å². The van der Waals surface area contributed by atoms with Crippen molar-refractivity contribution in [3.63, 3.8) is 0 Å². The summed E-state index contributed by atoms with van der Waals surface area (Å²) in [6.07, 6.45) is 4.67. The molecule has 42 valence electrons. The van der Waals surface area contributed by atoms with Crippen molar-refractivity contribution in [1.82, 2.24) is 0 Å². The standard InChI is InChI=1S/C5H10.CH3.Sb/c1-3-5-4-2;;/h1-5H2;1H3;. The van der Waals surface area contributed by atoms with Crippen LogP contribution in [0.15, 0.2) is 0 Å². The van der Waals surface area contributed by atoms with Crippen molar-refractivity contribution in [3.8, 4) is 0 Å². The van der Waals surface area contributed by atoms with Crippen LogP contribution in [0.4, 0.5) is 0 Å². The van der Waals surface area contributed by atoms with Gasteiger partial charge in [-0.2, -0.15) is 0 Å². The average molecular weight is 207 g/mol. The SMILES string of the molecule is [CH3][Sb]1[CH2]CCC[CH2]1. The summed E-state index contributed by atoms with van der Waals surface area (Å²) in [6, 6.07) is 0. The molecule has 1 aliphatic rings. The zero-order chi connectivity index (χ0) is 5.11. The first-order valence-electron chi connectivity index (χ1n) is 3.08. The third-order valence-electron chi connectivity index (χ3n) is 1.58. The van der Waals surface area contributed by atoms with Gasteiger partial charge in [-0.1, -0.05) is 0 Å². The van der Waals surface area contributed by atoms with Crippen molar-refractivity contribution in [2.24, 2.45) is 0 Å². The van der Waals surface area contributed by atoms with Gasteiger partial charge in [-0.05, 0) is 0 Å². The molecule has 0 radical (unpaired) electrons. The Kier molecular flexibility index (Phi) is 2.52. The van der Waals surface area contributed by atoms with E-state index in [1.807, 2.05) is 0 Å². The average Bonchev–Trinajstić information content (AvgIpc) is 1.69. The predicted molar refractivity (Wildman–Crippen MR) is 35.1 cm³/mol. The van der Waals surface area contributed by atoms with Crippen molar-refractivity contribution in [1.29, 1.82) is 0 Å². The van der Waals surface area contributed by atoms with Crippen LogP contribution < -0.4 is 0 Å². The van der Waals surface area contributed by atoms with Crippen LogP contribution in [-0.2, 0) is 0 Å². The van der Waals surface area contributed by atoms with Crippen molar-refractivity contribution in [2.45, 2.75) is 32.9 Å². The van der Waals surface area contributed by atoms with Crippen LogP contribution >= 0.6 is 0 Å². The summed E-state index contributed by atoms with van der Waals surface area (Å²) in [7, 11) is 0. The van der Waals surface area contributed by atoms with Crippen LogP contribution in [0, 0.1) is 0 Å². The molecule has 0 aromatic heterocycles. The van der Waals surface area contributed by atoms with E-state index < -0.39 is 20.2 Å². The first-order chi connectivity index (χ1) is 3.39. The summed E-state index contributed by atoms with van der Waals surface area (Å²) >= 11 is -0.456. The molecule has 0 unspecified atom stereocenters. The molecule has 1 heteroatoms. The molecule has 0 aliphatic carbocycles. The van der Waals surface area contributed by atoms with Crippen molar-refractivity contribution in [2.75, 3.05) is 0 Å². The first-order valence-corrected chi connectivity index (χ1v) is 9.24. The van der Waals surface area contributed by atoms with Crippen LogP contribution in [0.1, 0.15) is 19.3 Å². The molecule has 0 N–H and O–H groups in total. The number of hydrogen-bond donors (Lipinski definition) is 0. The molecule has 0 bridgehead atoms. The Morgan fingerprint density at radius 3 is 1.86 bits per heavy atom. The van der Waals surface area contributed by atoms with E-state index >= 15 is 0 Å². The molecule has 1 rings (SSSR count). The van der Waals surface area contributed by atoms with Gasteiger partial charge in [0.05, 0.1) is 0 Å². The minimum absolute atomic E-state index is 0.456. The van der Waals surface area contributed by atoms with Gasteiger partial charge in [0.2, 0.25) is 0 Å². The van der Waals surface area contributed by atoms with E-state index in [9.17, 15) is 0 Å². The summed E-state index contributed by atoms with van der Waals surface area (Å²) in [5.74, 6) is 0. The zero-order valence-corrected chi connectivity index (χ0v) is 7.54. The molecule has 0 nitrogen and oxygen atoms in total. The van der Waals surface area contributed by atoms with Gasteiger partial charge < -0.3 is 0 Å². The monoisotopic (exact) mass is 206 g/mol. The Bertz CT molecular complexity index is 46.1. The normalized spacial score (nSPS) is 25.3. The second kappa shape index (κ2) is 2.97. The van der Waals surface area contributed by atoms with E-state index in [1.54, 1.807) is 21.6 Å². The van der Waals surface area contributed by atoms with Gasteiger partial charge in [0, 0.05) is 0 Å². The summed E-state index contributed by atoms with van der Waals surface area (Å²) in [4.78, 5) is 2.54. The van der Waals surface area contributed by atoms with Gasteiger partial charge in [0.25, 0.3) is 0 Å². The van der Waals surface area contributed by atoms with E-state index in [4.69, 9.17) is 0 Å². The van der Waals surface area contributed by atoms with E-state index in [0.717, 1.165) is 0 Å². The maximum absolute atomic E-state index is 2.54. The Morgan fingerprint density at radius 1 is 1.00 bits per heavy atom. The van der Waals surface area contributed by atoms with Gasteiger partial charge in [0.1, 0.15) is 0 Å². The van der Waals surface area contributed by atoms with E-state index in [2.05, 4.69) is 4.87 Å². The molecule has 1 aliphatic heterocycles. The van der Waals surface area contributed by atoms with Crippen LogP contribution in [0.5, 0.6) is 0 Å². The van der Waals surface area contributed by atoms with Crippen molar-refractivity contribution in [3.05, 3.63) is 0 Å². The van der Waals surface area contributed by atoms with Gasteiger partial charge in [-0.15, -0.1) is 0 Å². The summed E-state index contributed by atoms with van der Waals surface area (Å²) in [5.41, 5.74) is 0. The predicted octanol–water partition coefficient (Wildman–Crippen LogP) is 2.29. The molecule has 0 spiro atoms. The van der Waals surface area contributed by atoms with Crippen LogP contribution in [-0.4, -0.2) is 20.2 Å². The Morgan fingerprint density at radius 2 is 1.57 bits per heavy atom. The minimum atomic E-state index is -0.456. The Balaban J connectivity index is 2.12. The molecule has 0 aromatic carbocycles. The molecule has 0 atom stereocenters. The van der Waals surface area contributed by atoms with Gasteiger partial charge >= 0.3 is 53.1 Å². The third-order valence-corrected chi connectivity index (χ3v) is 7.74. The fourth-order valence-electron chi connectivity index (χ4n) is 1.05. The number of rotatable bonds is 0.